The van der Waals surface area contributed by atoms with Gasteiger partial charge in [-0.25, -0.2) is 4.79 Å². The monoisotopic (exact) mass is 311 g/mol. The number of hydrogen-bond acceptors (Lipinski definition) is 3. The first-order chi connectivity index (χ1) is 10.4. The van der Waals surface area contributed by atoms with Gasteiger partial charge in [-0.1, -0.05) is 27.7 Å². The van der Waals surface area contributed by atoms with Crippen LogP contribution in [0.15, 0.2) is 0 Å². The fraction of sp³-hybridized carbons (Fsp3) is 0.875. The van der Waals surface area contributed by atoms with Crippen molar-refractivity contribution in [2.75, 3.05) is 26.2 Å². The van der Waals surface area contributed by atoms with Gasteiger partial charge in [0, 0.05) is 26.2 Å². The Morgan fingerprint density at radius 3 is 2.36 bits per heavy atom. The van der Waals surface area contributed by atoms with Gasteiger partial charge in [-0.2, -0.15) is 0 Å². The Hall–Kier alpha value is -1.30. The van der Waals surface area contributed by atoms with E-state index in [4.69, 9.17) is 4.74 Å². The third-order valence-electron chi connectivity index (χ3n) is 4.13. The van der Waals surface area contributed by atoms with E-state index in [-0.39, 0.29) is 30.1 Å². The standard InChI is InChI=1S/C16H29N3O3/c1-10(2)6-17-15(20)13-5-12-8-19(9-14(13)22-12)16(21)18-7-11(3)4/h10-14H,5-9H2,1-4H3,(H,17,20)(H,18,21)/t12-,13+,14-/m1/s1. The fourth-order valence-electron chi connectivity index (χ4n) is 2.94. The lowest BCUT2D eigenvalue weighted by molar-refractivity contribution is -0.127. The highest BCUT2D eigenvalue weighted by Crippen LogP contribution is 2.32. The van der Waals surface area contributed by atoms with Gasteiger partial charge in [0.15, 0.2) is 0 Å². The van der Waals surface area contributed by atoms with E-state index in [9.17, 15) is 9.59 Å². The number of carbonyl (C=O) groups is 2. The van der Waals surface area contributed by atoms with Gasteiger partial charge in [0.2, 0.25) is 5.91 Å². The summed E-state index contributed by atoms with van der Waals surface area (Å²) in [7, 11) is 0. The van der Waals surface area contributed by atoms with Crippen LogP contribution < -0.4 is 10.6 Å². The number of morpholine rings is 1. The number of hydrogen-bond donors (Lipinski definition) is 2. The molecule has 2 aliphatic heterocycles. The number of ether oxygens (including phenoxy) is 1. The number of fused-ring (bicyclic) bond motifs is 2. The van der Waals surface area contributed by atoms with Gasteiger partial charge < -0.3 is 20.3 Å². The molecule has 0 saturated carbocycles. The van der Waals surface area contributed by atoms with E-state index >= 15 is 0 Å². The minimum Gasteiger partial charge on any atom is -0.370 e. The Bertz CT molecular complexity index is 409. The zero-order valence-corrected chi connectivity index (χ0v) is 14.1. The molecule has 0 unspecified atom stereocenters. The Morgan fingerprint density at radius 2 is 1.73 bits per heavy atom. The Morgan fingerprint density at radius 1 is 1.09 bits per heavy atom. The van der Waals surface area contributed by atoms with Crippen LogP contribution in [-0.2, 0) is 9.53 Å². The van der Waals surface area contributed by atoms with Crippen molar-refractivity contribution in [1.82, 2.24) is 15.5 Å². The molecule has 3 atom stereocenters. The molecule has 22 heavy (non-hydrogen) atoms. The largest absolute Gasteiger partial charge is 0.370 e. The first kappa shape index (κ1) is 17.1. The predicted octanol–water partition coefficient (Wildman–Crippen LogP) is 1.21. The number of amides is 3. The zero-order chi connectivity index (χ0) is 16.3. The molecule has 2 heterocycles. The van der Waals surface area contributed by atoms with Crippen molar-refractivity contribution in [3.05, 3.63) is 0 Å². The second-order valence-electron chi connectivity index (χ2n) is 7.26. The SMILES string of the molecule is CC(C)CNC(=O)[C@H]1C[C@@H]2CN(C(=O)NCC(C)C)C[C@H]1O2. The maximum Gasteiger partial charge on any atom is 0.317 e. The summed E-state index contributed by atoms with van der Waals surface area (Å²) in [4.78, 5) is 26.2. The van der Waals surface area contributed by atoms with Crippen LogP contribution in [0.5, 0.6) is 0 Å². The van der Waals surface area contributed by atoms with Crippen molar-refractivity contribution in [2.45, 2.75) is 46.3 Å². The second kappa shape index (κ2) is 7.31. The van der Waals surface area contributed by atoms with Crippen LogP contribution in [0.25, 0.3) is 0 Å². The number of carbonyl (C=O) groups excluding carboxylic acids is 2. The molecule has 2 saturated heterocycles. The average molecular weight is 311 g/mol. The molecule has 2 aliphatic rings. The summed E-state index contributed by atoms with van der Waals surface area (Å²) in [5.74, 6) is 0.789. The summed E-state index contributed by atoms with van der Waals surface area (Å²) in [5.41, 5.74) is 0. The first-order valence-electron chi connectivity index (χ1n) is 8.32. The fourth-order valence-corrected chi connectivity index (χ4v) is 2.94. The summed E-state index contributed by atoms with van der Waals surface area (Å²) in [6, 6.07) is -0.0461. The van der Waals surface area contributed by atoms with Gasteiger partial charge in [0.05, 0.1) is 18.1 Å². The molecule has 2 fully saturated rings. The van der Waals surface area contributed by atoms with Crippen molar-refractivity contribution >= 4 is 11.9 Å². The molecule has 0 spiro atoms. The smallest absolute Gasteiger partial charge is 0.317 e. The van der Waals surface area contributed by atoms with Crippen LogP contribution in [0.4, 0.5) is 4.79 Å². The molecule has 0 aliphatic carbocycles. The summed E-state index contributed by atoms with van der Waals surface area (Å²) >= 11 is 0. The van der Waals surface area contributed by atoms with Crippen molar-refractivity contribution in [1.29, 1.82) is 0 Å². The van der Waals surface area contributed by atoms with E-state index in [1.807, 2.05) is 0 Å². The van der Waals surface area contributed by atoms with E-state index in [0.717, 1.165) is 0 Å². The summed E-state index contributed by atoms with van der Waals surface area (Å²) in [5, 5.41) is 5.92. The van der Waals surface area contributed by atoms with Crippen LogP contribution in [0, 0.1) is 17.8 Å². The van der Waals surface area contributed by atoms with Crippen molar-refractivity contribution in [2.24, 2.45) is 17.8 Å². The topological polar surface area (TPSA) is 70.7 Å². The molecule has 2 bridgehead atoms. The lowest BCUT2D eigenvalue weighted by Crippen LogP contribution is -2.51. The maximum absolute atomic E-state index is 12.3. The van der Waals surface area contributed by atoms with Gasteiger partial charge in [-0.05, 0) is 18.3 Å². The number of nitrogens with one attached hydrogen (secondary N) is 2. The van der Waals surface area contributed by atoms with E-state index in [2.05, 4.69) is 38.3 Å². The van der Waals surface area contributed by atoms with Crippen molar-refractivity contribution < 1.29 is 14.3 Å². The maximum atomic E-state index is 12.3. The van der Waals surface area contributed by atoms with E-state index in [1.165, 1.54) is 0 Å². The number of likely N-dealkylation sites (tertiary alicyclic amines) is 1. The number of nitrogens with zero attached hydrogens (tertiary/aromatic N) is 1. The van der Waals surface area contributed by atoms with E-state index < -0.39 is 0 Å². The lowest BCUT2D eigenvalue weighted by atomic mass is 9.99. The molecule has 0 aromatic carbocycles. The molecule has 6 heteroatoms. The van der Waals surface area contributed by atoms with Crippen LogP contribution in [0.1, 0.15) is 34.1 Å². The van der Waals surface area contributed by atoms with Crippen LogP contribution in [0.2, 0.25) is 0 Å². The number of urea groups is 1. The quantitative estimate of drug-likeness (QED) is 0.802. The minimum absolute atomic E-state index is 0.0154. The van der Waals surface area contributed by atoms with E-state index in [0.29, 0.717) is 44.4 Å². The van der Waals surface area contributed by atoms with Gasteiger partial charge in [-0.15, -0.1) is 0 Å². The van der Waals surface area contributed by atoms with Gasteiger partial charge in [0.1, 0.15) is 0 Å². The van der Waals surface area contributed by atoms with Crippen molar-refractivity contribution in [3.8, 4) is 0 Å². The molecule has 0 radical (unpaired) electrons. The predicted molar refractivity (Wildman–Crippen MR) is 84.4 cm³/mol. The average Bonchev–Trinajstić information content (AvgIpc) is 2.76. The van der Waals surface area contributed by atoms with Crippen LogP contribution in [-0.4, -0.2) is 55.2 Å². The van der Waals surface area contributed by atoms with Crippen molar-refractivity contribution in [3.63, 3.8) is 0 Å². The molecule has 0 aromatic rings. The van der Waals surface area contributed by atoms with E-state index in [1.54, 1.807) is 4.90 Å². The van der Waals surface area contributed by atoms with Gasteiger partial charge in [0.25, 0.3) is 0 Å². The molecular weight excluding hydrogens is 282 g/mol. The first-order valence-corrected chi connectivity index (χ1v) is 8.32. The Kier molecular flexibility index (Phi) is 5.67. The molecule has 2 rings (SSSR count). The Balaban J connectivity index is 1.86. The normalized spacial score (nSPS) is 27.4. The highest BCUT2D eigenvalue weighted by atomic mass is 16.5. The van der Waals surface area contributed by atoms with Crippen LogP contribution in [0.3, 0.4) is 0 Å². The summed E-state index contributed by atoms with van der Waals surface area (Å²) in [6.07, 6.45) is 0.525. The zero-order valence-electron chi connectivity index (χ0n) is 14.1. The highest BCUT2D eigenvalue weighted by Gasteiger charge is 2.45. The summed E-state index contributed by atoms with van der Waals surface area (Å²) < 4.78 is 5.86. The second-order valence-corrected chi connectivity index (χ2v) is 7.26. The molecule has 126 valence electrons. The Labute approximate surface area is 132 Å². The van der Waals surface area contributed by atoms with Gasteiger partial charge in [-0.3, -0.25) is 4.79 Å². The third kappa shape index (κ3) is 4.35. The lowest BCUT2D eigenvalue weighted by Gasteiger charge is -2.33. The molecule has 0 aromatic heterocycles. The van der Waals surface area contributed by atoms with Gasteiger partial charge >= 0.3 is 6.03 Å². The molecule has 3 amide bonds. The molecular formula is C16H29N3O3. The minimum atomic E-state index is -0.171. The molecule has 2 N–H and O–H groups in total. The highest BCUT2D eigenvalue weighted by molar-refractivity contribution is 5.80. The number of rotatable bonds is 5. The third-order valence-corrected chi connectivity index (χ3v) is 4.13. The summed E-state index contributed by atoms with van der Waals surface area (Å²) in [6.45, 7) is 10.7. The van der Waals surface area contributed by atoms with Crippen LogP contribution >= 0.6 is 0 Å². The molecule has 6 nitrogen and oxygen atoms in total.